The van der Waals surface area contributed by atoms with E-state index in [1.807, 2.05) is 13.0 Å². The lowest BCUT2D eigenvalue weighted by Gasteiger charge is -2.20. The largest absolute Gasteiger partial charge is 0.406 e. The fourth-order valence-electron chi connectivity index (χ4n) is 4.24. The third-order valence-corrected chi connectivity index (χ3v) is 7.43. The van der Waals surface area contributed by atoms with Crippen LogP contribution in [0.2, 0.25) is 10.0 Å². The number of rotatable bonds is 6. The molecule has 0 spiro atoms. The molecule has 4 rings (SSSR count). The van der Waals surface area contributed by atoms with E-state index in [0.29, 0.717) is 15.5 Å². The van der Waals surface area contributed by atoms with Crippen molar-refractivity contribution in [2.24, 2.45) is 5.92 Å². The van der Waals surface area contributed by atoms with Gasteiger partial charge in [-0.1, -0.05) is 29.3 Å². The number of anilines is 1. The third-order valence-electron chi connectivity index (χ3n) is 5.94. The summed E-state index contributed by atoms with van der Waals surface area (Å²) in [5.74, 6) is -2.66. The number of amides is 4. The Morgan fingerprint density at radius 3 is 2.46 bits per heavy atom. The molecule has 0 bridgehead atoms. The van der Waals surface area contributed by atoms with Gasteiger partial charge in [-0.2, -0.15) is 13.2 Å². The van der Waals surface area contributed by atoms with Crippen molar-refractivity contribution in [3.63, 3.8) is 0 Å². The topological polar surface area (TPSA) is 81.8 Å². The summed E-state index contributed by atoms with van der Waals surface area (Å²) in [7, 11) is 0. The van der Waals surface area contributed by atoms with E-state index in [-0.39, 0.29) is 29.4 Å². The number of halogens is 7. The molecule has 2 atom stereocenters. The van der Waals surface area contributed by atoms with Crippen LogP contribution in [-0.2, 0) is 4.79 Å². The molecule has 37 heavy (non-hydrogen) atoms. The van der Waals surface area contributed by atoms with E-state index in [1.165, 1.54) is 18.2 Å². The number of benzene rings is 2. The van der Waals surface area contributed by atoms with Crippen LogP contribution in [0.3, 0.4) is 0 Å². The monoisotopic (exact) mass is 596 g/mol. The van der Waals surface area contributed by atoms with Crippen LogP contribution in [0.5, 0.6) is 0 Å². The van der Waals surface area contributed by atoms with Crippen LogP contribution in [0.1, 0.15) is 27.4 Å². The Hall–Kier alpha value is -2.40. The highest BCUT2D eigenvalue weighted by atomic mass is 35.5. The van der Waals surface area contributed by atoms with E-state index in [2.05, 4.69) is 10.7 Å². The van der Waals surface area contributed by atoms with Crippen LogP contribution in [0.25, 0.3) is 0 Å². The van der Waals surface area contributed by atoms with Crippen LogP contribution < -0.4 is 10.7 Å². The maximum absolute atomic E-state index is 13.0. The van der Waals surface area contributed by atoms with E-state index in [4.69, 9.17) is 46.4 Å². The van der Waals surface area contributed by atoms with Crippen molar-refractivity contribution in [3.05, 3.63) is 63.1 Å². The zero-order valence-electron chi connectivity index (χ0n) is 19.0. The number of carbonyl (C=O) groups excluding carboxylic acids is 3. The lowest BCUT2D eigenvalue weighted by atomic mass is 10.1. The van der Waals surface area contributed by atoms with Crippen molar-refractivity contribution in [2.45, 2.75) is 23.4 Å². The van der Waals surface area contributed by atoms with Crippen LogP contribution in [-0.4, -0.2) is 57.9 Å². The Bertz CT molecular complexity index is 1250. The average Bonchev–Trinajstić information content (AvgIpc) is 3.22. The summed E-state index contributed by atoms with van der Waals surface area (Å²) in [6, 6.07) is 8.37. The second-order valence-electron chi connectivity index (χ2n) is 8.79. The second-order valence-corrected chi connectivity index (χ2v) is 11.1. The van der Waals surface area contributed by atoms with Crippen molar-refractivity contribution >= 4 is 69.9 Å². The number of alkyl halides is 5. The molecular weight excluding hydrogens is 579 g/mol. The van der Waals surface area contributed by atoms with Crippen molar-refractivity contribution in [3.8, 4) is 0 Å². The maximum Gasteiger partial charge on any atom is 0.406 e. The van der Waals surface area contributed by atoms with Crippen LogP contribution in [0.15, 0.2) is 36.4 Å². The first-order valence-electron chi connectivity index (χ1n) is 10.9. The summed E-state index contributed by atoms with van der Waals surface area (Å²) < 4.78 is 36.5. The molecule has 0 radical (unpaired) electrons. The summed E-state index contributed by atoms with van der Waals surface area (Å²) in [4.78, 5) is 38.5. The molecule has 1 aliphatic carbocycles. The lowest BCUT2D eigenvalue weighted by molar-refractivity contribution is -0.138. The molecule has 1 saturated heterocycles. The van der Waals surface area contributed by atoms with Gasteiger partial charge in [-0.25, -0.2) is 9.80 Å². The molecule has 14 heteroatoms. The van der Waals surface area contributed by atoms with Gasteiger partial charge in [0.15, 0.2) is 0 Å². The van der Waals surface area contributed by atoms with Crippen molar-refractivity contribution in [1.29, 1.82) is 0 Å². The van der Waals surface area contributed by atoms with Crippen LogP contribution >= 0.6 is 46.4 Å². The van der Waals surface area contributed by atoms with E-state index < -0.39 is 46.7 Å². The highest BCUT2D eigenvalue weighted by molar-refractivity contribution is 6.53. The molecule has 2 N–H and O–H groups in total. The summed E-state index contributed by atoms with van der Waals surface area (Å²) in [5.41, 5.74) is 3.93. The van der Waals surface area contributed by atoms with E-state index in [9.17, 15) is 27.6 Å². The van der Waals surface area contributed by atoms with Gasteiger partial charge in [0.2, 0.25) is 5.91 Å². The van der Waals surface area contributed by atoms with Gasteiger partial charge in [-0.05, 0) is 48.4 Å². The number of hydrogen-bond donors (Lipinski definition) is 2. The fourth-order valence-corrected chi connectivity index (χ4v) is 5.57. The molecule has 2 unspecified atom stereocenters. The standard InChI is InChI=1S/C23H19Cl4F3N4O3/c1-11-6-12(8-13(24)7-11)17-18(23(17,26)27)20(36)31-14-2-3-16(25)15(9-14)19(35)32-34-5-4-33(21(34)37)10-22(28,29)30/h2-3,6-9,17-18H,4-5,10H2,1H3,(H,31,36)(H,32,35). The minimum atomic E-state index is -4.57. The normalized spacial score (nSPS) is 20.7. The third kappa shape index (κ3) is 6.03. The predicted molar refractivity (Wildman–Crippen MR) is 134 cm³/mol. The zero-order valence-corrected chi connectivity index (χ0v) is 22.0. The molecular formula is C23H19Cl4F3N4O3. The minimum absolute atomic E-state index is 0.00275. The van der Waals surface area contributed by atoms with E-state index in [1.54, 1.807) is 12.1 Å². The Balaban J connectivity index is 1.44. The number of nitrogens with one attached hydrogen (secondary N) is 2. The van der Waals surface area contributed by atoms with Gasteiger partial charge >= 0.3 is 12.2 Å². The number of nitrogens with zero attached hydrogens (tertiary/aromatic N) is 2. The van der Waals surface area contributed by atoms with Gasteiger partial charge in [-0.3, -0.25) is 15.0 Å². The molecule has 7 nitrogen and oxygen atoms in total. The highest BCUT2D eigenvalue weighted by Gasteiger charge is 2.67. The molecule has 2 aliphatic rings. The quantitative estimate of drug-likeness (QED) is 0.415. The Morgan fingerprint density at radius 2 is 1.81 bits per heavy atom. The number of urea groups is 1. The molecule has 1 saturated carbocycles. The SMILES string of the molecule is Cc1cc(Cl)cc(C2C(C(=O)Nc3ccc(Cl)c(C(=O)NN4CCN(CC(F)(F)F)C4=O)c3)C2(Cl)Cl)c1. The van der Waals surface area contributed by atoms with Crippen molar-refractivity contribution < 1.29 is 27.6 Å². The predicted octanol–water partition coefficient (Wildman–Crippen LogP) is 5.77. The highest BCUT2D eigenvalue weighted by Crippen LogP contribution is 2.65. The smallest absolute Gasteiger partial charge is 0.326 e. The Kier molecular flexibility index (Phi) is 7.51. The first kappa shape index (κ1) is 27.6. The number of aryl methyl sites for hydroxylation is 1. The summed E-state index contributed by atoms with van der Waals surface area (Å²) in [6.07, 6.45) is -4.57. The molecule has 2 fully saturated rings. The number of hydrazine groups is 1. The molecule has 4 amide bonds. The molecule has 2 aromatic rings. The van der Waals surface area contributed by atoms with E-state index in [0.717, 1.165) is 10.6 Å². The number of hydrogen-bond acceptors (Lipinski definition) is 3. The van der Waals surface area contributed by atoms with Crippen LogP contribution in [0, 0.1) is 12.8 Å². The Labute approximate surface area is 229 Å². The van der Waals surface area contributed by atoms with Crippen LogP contribution in [0.4, 0.5) is 23.7 Å². The lowest BCUT2D eigenvalue weighted by Crippen LogP contribution is -2.46. The van der Waals surface area contributed by atoms with Gasteiger partial charge in [-0.15, -0.1) is 23.2 Å². The van der Waals surface area contributed by atoms with Gasteiger partial charge in [0.25, 0.3) is 5.91 Å². The molecule has 1 heterocycles. The molecule has 0 aromatic heterocycles. The van der Waals surface area contributed by atoms with Crippen molar-refractivity contribution in [1.82, 2.24) is 15.3 Å². The van der Waals surface area contributed by atoms with Gasteiger partial charge < -0.3 is 10.2 Å². The maximum atomic E-state index is 13.0. The zero-order chi connectivity index (χ0) is 27.3. The van der Waals surface area contributed by atoms with Gasteiger partial charge in [0.1, 0.15) is 10.9 Å². The second kappa shape index (κ2) is 10.1. The Morgan fingerprint density at radius 1 is 1.11 bits per heavy atom. The van der Waals surface area contributed by atoms with Crippen molar-refractivity contribution in [2.75, 3.05) is 25.0 Å². The van der Waals surface area contributed by atoms with Gasteiger partial charge in [0.05, 0.1) is 23.0 Å². The molecule has 2 aromatic carbocycles. The van der Waals surface area contributed by atoms with E-state index >= 15 is 0 Å². The molecule has 198 valence electrons. The van der Waals surface area contributed by atoms with Gasteiger partial charge in [0, 0.05) is 23.2 Å². The summed E-state index contributed by atoms with van der Waals surface area (Å²) in [5, 5.41) is 3.90. The summed E-state index contributed by atoms with van der Waals surface area (Å²) in [6.45, 7) is 0.0604. The summed E-state index contributed by atoms with van der Waals surface area (Å²) >= 11 is 25.1. The molecule has 1 aliphatic heterocycles. The first-order valence-corrected chi connectivity index (χ1v) is 12.4. The minimum Gasteiger partial charge on any atom is -0.326 e. The fraction of sp³-hybridized carbons (Fsp3) is 0.348. The average molecular weight is 598 g/mol. The first-order chi connectivity index (χ1) is 17.2. The number of carbonyl (C=O) groups is 3.